The van der Waals surface area contributed by atoms with Gasteiger partial charge in [-0.05, 0) is 36.8 Å². The lowest BCUT2D eigenvalue weighted by atomic mass is 10.1. The van der Waals surface area contributed by atoms with Crippen LogP contribution in [0.2, 0.25) is 0 Å². The molecule has 2 aromatic carbocycles. The first-order valence-corrected chi connectivity index (χ1v) is 10.0. The number of ether oxygens (including phenoxy) is 3. The summed E-state index contributed by atoms with van der Waals surface area (Å²) in [6.07, 6.45) is 1.70. The van der Waals surface area contributed by atoms with Gasteiger partial charge >= 0.3 is 0 Å². The van der Waals surface area contributed by atoms with Crippen LogP contribution in [0.3, 0.4) is 0 Å². The summed E-state index contributed by atoms with van der Waals surface area (Å²) in [6, 6.07) is 8.69. The summed E-state index contributed by atoms with van der Waals surface area (Å²) in [6.45, 7) is 1.01. The van der Waals surface area contributed by atoms with Crippen molar-refractivity contribution in [2.24, 2.45) is 0 Å². The Morgan fingerprint density at radius 3 is 2.58 bits per heavy atom. The molecule has 0 bridgehead atoms. The minimum absolute atomic E-state index is 0.0417. The molecule has 0 saturated carbocycles. The average Bonchev–Trinajstić information content (AvgIpc) is 3.26. The van der Waals surface area contributed by atoms with E-state index in [1.807, 2.05) is 6.07 Å². The molecule has 31 heavy (non-hydrogen) atoms. The van der Waals surface area contributed by atoms with Crippen molar-refractivity contribution in [3.8, 4) is 17.2 Å². The van der Waals surface area contributed by atoms with E-state index < -0.39 is 0 Å². The van der Waals surface area contributed by atoms with Crippen LogP contribution in [0, 0.1) is 0 Å². The third kappa shape index (κ3) is 3.58. The molecule has 0 aliphatic carbocycles. The largest absolute Gasteiger partial charge is 0.493 e. The number of rotatable bonds is 6. The number of amides is 1. The molecular weight excluding hydrogens is 398 g/mol. The highest BCUT2D eigenvalue weighted by atomic mass is 16.5. The van der Waals surface area contributed by atoms with Gasteiger partial charge < -0.3 is 19.1 Å². The number of methoxy groups -OCH3 is 3. The second-order valence-corrected chi connectivity index (χ2v) is 7.47. The van der Waals surface area contributed by atoms with Crippen LogP contribution in [0.25, 0.3) is 10.9 Å². The number of nitrogens with zero attached hydrogens (tertiary/aromatic N) is 3. The van der Waals surface area contributed by atoms with E-state index in [-0.39, 0.29) is 11.5 Å². The first kappa shape index (κ1) is 20.7. The van der Waals surface area contributed by atoms with E-state index in [0.717, 1.165) is 24.2 Å². The fourth-order valence-electron chi connectivity index (χ4n) is 4.05. The zero-order chi connectivity index (χ0) is 22.1. The van der Waals surface area contributed by atoms with Crippen LogP contribution in [0.1, 0.15) is 28.2 Å². The standard InChI is InChI=1S/C23H25N3O5/c1-25(13-15-8-10-18(29-2)21(31-4)20(15)30-3)22(27)14-7-9-16-17(12-14)24-19-6-5-11-26(19)23(16)28/h7-10,12H,5-6,11,13H2,1-4H3. The van der Waals surface area contributed by atoms with Gasteiger partial charge in [-0.1, -0.05) is 0 Å². The summed E-state index contributed by atoms with van der Waals surface area (Å²) >= 11 is 0. The molecule has 8 nitrogen and oxygen atoms in total. The summed E-state index contributed by atoms with van der Waals surface area (Å²) in [7, 11) is 6.37. The third-order valence-corrected chi connectivity index (χ3v) is 5.60. The molecule has 8 heteroatoms. The summed E-state index contributed by atoms with van der Waals surface area (Å²) < 4.78 is 18.0. The molecule has 3 aromatic rings. The quantitative estimate of drug-likeness (QED) is 0.606. The lowest BCUT2D eigenvalue weighted by Crippen LogP contribution is -2.27. The van der Waals surface area contributed by atoms with Crippen LogP contribution in [0.5, 0.6) is 17.2 Å². The minimum Gasteiger partial charge on any atom is -0.493 e. The molecule has 0 N–H and O–H groups in total. The van der Waals surface area contributed by atoms with E-state index in [4.69, 9.17) is 14.2 Å². The number of fused-ring (bicyclic) bond motifs is 2. The molecule has 1 amide bonds. The molecule has 0 atom stereocenters. The Morgan fingerprint density at radius 1 is 1.10 bits per heavy atom. The van der Waals surface area contributed by atoms with Crippen molar-refractivity contribution < 1.29 is 19.0 Å². The normalized spacial score (nSPS) is 12.5. The van der Waals surface area contributed by atoms with Crippen LogP contribution >= 0.6 is 0 Å². The van der Waals surface area contributed by atoms with Crippen molar-refractivity contribution in [1.29, 1.82) is 0 Å². The Labute approximate surface area is 180 Å². The zero-order valence-electron chi connectivity index (χ0n) is 18.1. The van der Waals surface area contributed by atoms with Crippen molar-refractivity contribution in [1.82, 2.24) is 14.5 Å². The monoisotopic (exact) mass is 423 g/mol. The van der Waals surface area contributed by atoms with Crippen molar-refractivity contribution in [2.45, 2.75) is 25.9 Å². The van der Waals surface area contributed by atoms with E-state index in [0.29, 0.717) is 46.8 Å². The fraction of sp³-hybridized carbons (Fsp3) is 0.348. The van der Waals surface area contributed by atoms with Crippen LogP contribution in [0.4, 0.5) is 0 Å². The Morgan fingerprint density at radius 2 is 1.87 bits per heavy atom. The van der Waals surface area contributed by atoms with Gasteiger partial charge in [-0.25, -0.2) is 4.98 Å². The molecule has 4 rings (SSSR count). The fourth-order valence-corrected chi connectivity index (χ4v) is 4.05. The van der Waals surface area contributed by atoms with Gasteiger partial charge in [0.2, 0.25) is 5.75 Å². The summed E-state index contributed by atoms with van der Waals surface area (Å²) in [4.78, 5) is 32.0. The number of hydrogen-bond donors (Lipinski definition) is 0. The Bertz CT molecular complexity index is 1220. The number of benzene rings is 2. The first-order valence-electron chi connectivity index (χ1n) is 10.0. The Hall–Kier alpha value is -3.55. The number of carbonyl (C=O) groups excluding carboxylic acids is 1. The van der Waals surface area contributed by atoms with Gasteiger partial charge in [0.05, 0.1) is 32.2 Å². The van der Waals surface area contributed by atoms with Gasteiger partial charge in [-0.2, -0.15) is 0 Å². The highest BCUT2D eigenvalue weighted by Crippen LogP contribution is 2.40. The van der Waals surface area contributed by atoms with Gasteiger partial charge in [0.25, 0.3) is 11.5 Å². The molecule has 1 aromatic heterocycles. The lowest BCUT2D eigenvalue weighted by Gasteiger charge is -2.21. The molecular formula is C23H25N3O5. The molecule has 162 valence electrons. The van der Waals surface area contributed by atoms with Gasteiger partial charge in [-0.3, -0.25) is 14.2 Å². The zero-order valence-corrected chi connectivity index (χ0v) is 18.1. The molecule has 1 aliphatic rings. The van der Waals surface area contributed by atoms with Gasteiger partial charge in [0.15, 0.2) is 11.5 Å². The van der Waals surface area contributed by atoms with Crippen molar-refractivity contribution in [3.05, 3.63) is 57.6 Å². The van der Waals surface area contributed by atoms with E-state index in [9.17, 15) is 9.59 Å². The molecule has 0 unspecified atom stereocenters. The molecule has 2 heterocycles. The van der Waals surface area contributed by atoms with Gasteiger partial charge in [0, 0.05) is 37.7 Å². The number of aryl methyl sites for hydroxylation is 1. The highest BCUT2D eigenvalue weighted by molar-refractivity contribution is 5.97. The SMILES string of the molecule is COc1ccc(CN(C)C(=O)c2ccc3c(=O)n4c(nc3c2)CCC4)c(OC)c1OC. The molecule has 0 radical (unpaired) electrons. The van der Waals surface area contributed by atoms with Crippen molar-refractivity contribution in [3.63, 3.8) is 0 Å². The van der Waals surface area contributed by atoms with E-state index >= 15 is 0 Å². The Kier molecular flexibility index (Phi) is 5.54. The molecule has 0 spiro atoms. The predicted molar refractivity (Wildman–Crippen MR) is 116 cm³/mol. The molecule has 0 fully saturated rings. The summed E-state index contributed by atoms with van der Waals surface area (Å²) in [5.74, 6) is 2.15. The second kappa shape index (κ2) is 8.29. The van der Waals surface area contributed by atoms with Crippen LogP contribution in [0.15, 0.2) is 35.1 Å². The van der Waals surface area contributed by atoms with Gasteiger partial charge in [-0.15, -0.1) is 0 Å². The first-order chi connectivity index (χ1) is 15.0. The summed E-state index contributed by atoms with van der Waals surface area (Å²) in [5.41, 5.74) is 1.77. The van der Waals surface area contributed by atoms with E-state index in [2.05, 4.69) is 4.98 Å². The molecule has 1 aliphatic heterocycles. The Balaban J connectivity index is 1.64. The maximum absolute atomic E-state index is 13.1. The average molecular weight is 423 g/mol. The van der Waals surface area contributed by atoms with Crippen LogP contribution in [-0.2, 0) is 19.5 Å². The third-order valence-electron chi connectivity index (χ3n) is 5.60. The maximum atomic E-state index is 13.1. The van der Waals surface area contributed by atoms with Crippen LogP contribution in [-0.4, -0.2) is 48.7 Å². The second-order valence-electron chi connectivity index (χ2n) is 7.47. The van der Waals surface area contributed by atoms with Crippen molar-refractivity contribution in [2.75, 3.05) is 28.4 Å². The highest BCUT2D eigenvalue weighted by Gasteiger charge is 2.21. The van der Waals surface area contributed by atoms with Crippen molar-refractivity contribution >= 4 is 16.8 Å². The maximum Gasteiger partial charge on any atom is 0.261 e. The number of carbonyl (C=O) groups is 1. The summed E-state index contributed by atoms with van der Waals surface area (Å²) in [5, 5.41) is 0.534. The number of hydrogen-bond acceptors (Lipinski definition) is 6. The number of aromatic nitrogens is 2. The molecule has 0 saturated heterocycles. The smallest absolute Gasteiger partial charge is 0.261 e. The predicted octanol–water partition coefficient (Wildman–Crippen LogP) is 2.64. The lowest BCUT2D eigenvalue weighted by molar-refractivity contribution is 0.0784. The van der Waals surface area contributed by atoms with Gasteiger partial charge in [0.1, 0.15) is 5.82 Å². The topological polar surface area (TPSA) is 82.9 Å². The minimum atomic E-state index is -0.180. The van der Waals surface area contributed by atoms with E-state index in [1.54, 1.807) is 62.1 Å². The van der Waals surface area contributed by atoms with E-state index in [1.165, 1.54) is 0 Å². The van der Waals surface area contributed by atoms with Crippen LogP contribution < -0.4 is 19.8 Å².